The SMILES string of the molecule is COc1ccc(/C=C2/c3ccccc3-c3cccnc32)cc1. The molecule has 0 spiro atoms. The first-order chi connectivity index (χ1) is 10.9. The lowest BCUT2D eigenvalue weighted by molar-refractivity contribution is 0.415. The van der Waals surface area contributed by atoms with Crippen LogP contribution in [0.15, 0.2) is 66.9 Å². The van der Waals surface area contributed by atoms with E-state index in [9.17, 15) is 0 Å². The number of fused-ring (bicyclic) bond motifs is 3. The van der Waals surface area contributed by atoms with Gasteiger partial charge in [0.2, 0.25) is 0 Å². The minimum atomic E-state index is 0.868. The summed E-state index contributed by atoms with van der Waals surface area (Å²) in [7, 11) is 1.68. The third-order valence-electron chi connectivity index (χ3n) is 4.00. The van der Waals surface area contributed by atoms with Crippen LogP contribution in [0.3, 0.4) is 0 Å². The van der Waals surface area contributed by atoms with Crippen molar-refractivity contribution in [1.29, 1.82) is 0 Å². The Hall–Kier alpha value is -2.87. The summed E-state index contributed by atoms with van der Waals surface area (Å²) >= 11 is 0. The Morgan fingerprint density at radius 1 is 0.818 bits per heavy atom. The van der Waals surface area contributed by atoms with Gasteiger partial charge in [-0.2, -0.15) is 0 Å². The maximum atomic E-state index is 5.22. The molecule has 1 aliphatic carbocycles. The highest BCUT2D eigenvalue weighted by atomic mass is 16.5. The molecule has 1 heterocycles. The van der Waals surface area contributed by atoms with E-state index >= 15 is 0 Å². The van der Waals surface area contributed by atoms with Crippen molar-refractivity contribution in [2.45, 2.75) is 0 Å². The summed E-state index contributed by atoms with van der Waals surface area (Å²) in [5.41, 5.74) is 7.08. The van der Waals surface area contributed by atoms with Gasteiger partial charge in [0.05, 0.1) is 12.8 Å². The van der Waals surface area contributed by atoms with Crippen molar-refractivity contribution in [3.63, 3.8) is 0 Å². The molecule has 2 nitrogen and oxygen atoms in total. The van der Waals surface area contributed by atoms with Crippen LogP contribution in [0.1, 0.15) is 16.8 Å². The summed E-state index contributed by atoms with van der Waals surface area (Å²) in [6, 6.07) is 20.7. The minimum Gasteiger partial charge on any atom is -0.497 e. The van der Waals surface area contributed by atoms with Gasteiger partial charge < -0.3 is 4.74 Å². The van der Waals surface area contributed by atoms with Gasteiger partial charge in [-0.05, 0) is 41.0 Å². The van der Waals surface area contributed by atoms with Gasteiger partial charge in [-0.1, -0.05) is 42.5 Å². The zero-order valence-corrected chi connectivity index (χ0v) is 12.3. The number of hydrogen-bond acceptors (Lipinski definition) is 2. The molecule has 3 aromatic rings. The second-order valence-electron chi connectivity index (χ2n) is 5.28. The summed E-state index contributed by atoms with van der Waals surface area (Å²) in [6.07, 6.45) is 4.05. The molecule has 106 valence electrons. The zero-order chi connectivity index (χ0) is 14.9. The Morgan fingerprint density at radius 3 is 2.32 bits per heavy atom. The summed E-state index contributed by atoms with van der Waals surface area (Å²) in [5, 5.41) is 0. The Labute approximate surface area is 129 Å². The fraction of sp³-hybridized carbons (Fsp3) is 0.0500. The van der Waals surface area contributed by atoms with Crippen LogP contribution in [-0.4, -0.2) is 12.1 Å². The van der Waals surface area contributed by atoms with Crippen molar-refractivity contribution in [2.24, 2.45) is 0 Å². The Bertz CT molecular complexity index is 815. The van der Waals surface area contributed by atoms with Crippen molar-refractivity contribution in [2.75, 3.05) is 7.11 Å². The summed E-state index contributed by atoms with van der Waals surface area (Å²) in [6.45, 7) is 0. The van der Waals surface area contributed by atoms with Gasteiger partial charge in [0, 0.05) is 17.3 Å². The Kier molecular flexibility index (Phi) is 3.01. The van der Waals surface area contributed by atoms with Crippen LogP contribution in [0.2, 0.25) is 0 Å². The number of ether oxygens (including phenoxy) is 1. The van der Waals surface area contributed by atoms with Crippen LogP contribution in [0.4, 0.5) is 0 Å². The monoisotopic (exact) mass is 285 g/mol. The van der Waals surface area contributed by atoms with Crippen LogP contribution in [0.5, 0.6) is 5.75 Å². The molecule has 1 aliphatic rings. The molecule has 2 aromatic carbocycles. The molecule has 0 unspecified atom stereocenters. The van der Waals surface area contributed by atoms with Gasteiger partial charge in [0.15, 0.2) is 0 Å². The third kappa shape index (κ3) is 2.01. The van der Waals surface area contributed by atoms with Crippen LogP contribution in [0.25, 0.3) is 22.8 Å². The number of pyridine rings is 1. The van der Waals surface area contributed by atoms with E-state index < -0.39 is 0 Å². The first-order valence-electron chi connectivity index (χ1n) is 7.28. The molecule has 0 aliphatic heterocycles. The van der Waals surface area contributed by atoms with Gasteiger partial charge in [-0.25, -0.2) is 0 Å². The highest BCUT2D eigenvalue weighted by Crippen LogP contribution is 2.43. The summed E-state index contributed by atoms with van der Waals surface area (Å²) in [5.74, 6) is 0.868. The molecular weight excluding hydrogens is 270 g/mol. The van der Waals surface area contributed by atoms with E-state index in [2.05, 4.69) is 53.5 Å². The van der Waals surface area contributed by atoms with E-state index in [0.29, 0.717) is 0 Å². The molecule has 0 saturated heterocycles. The molecule has 0 atom stereocenters. The molecule has 22 heavy (non-hydrogen) atoms. The van der Waals surface area contributed by atoms with Gasteiger partial charge in [0.25, 0.3) is 0 Å². The lowest BCUT2D eigenvalue weighted by Gasteiger charge is -2.03. The summed E-state index contributed by atoms with van der Waals surface area (Å²) < 4.78 is 5.22. The quantitative estimate of drug-likeness (QED) is 0.534. The number of aromatic nitrogens is 1. The lowest BCUT2D eigenvalue weighted by atomic mass is 10.0. The van der Waals surface area contributed by atoms with Gasteiger partial charge in [-0.3, -0.25) is 4.98 Å². The van der Waals surface area contributed by atoms with E-state index in [0.717, 1.165) is 17.0 Å². The molecule has 0 radical (unpaired) electrons. The highest BCUT2D eigenvalue weighted by Gasteiger charge is 2.23. The number of nitrogens with zero attached hydrogens (tertiary/aromatic N) is 1. The Morgan fingerprint density at radius 2 is 1.55 bits per heavy atom. The second-order valence-corrected chi connectivity index (χ2v) is 5.28. The molecule has 0 N–H and O–H groups in total. The van der Waals surface area contributed by atoms with Crippen molar-refractivity contribution in [3.8, 4) is 16.9 Å². The standard InChI is InChI=1S/C20H15NO/c1-22-15-10-8-14(9-11-15)13-19-17-6-3-2-5-16(17)18-7-4-12-21-20(18)19/h2-13H,1H3/b19-13-. The van der Waals surface area contributed by atoms with Crippen molar-refractivity contribution in [1.82, 2.24) is 4.98 Å². The first kappa shape index (κ1) is 12.8. The molecule has 2 heteroatoms. The van der Waals surface area contributed by atoms with E-state index in [-0.39, 0.29) is 0 Å². The topological polar surface area (TPSA) is 22.1 Å². The number of benzene rings is 2. The van der Waals surface area contributed by atoms with Crippen molar-refractivity contribution >= 4 is 11.6 Å². The van der Waals surface area contributed by atoms with E-state index in [1.165, 1.54) is 22.3 Å². The normalized spacial score (nSPS) is 13.8. The summed E-state index contributed by atoms with van der Waals surface area (Å²) in [4.78, 5) is 4.59. The fourth-order valence-corrected chi connectivity index (χ4v) is 2.93. The molecular formula is C20H15NO. The smallest absolute Gasteiger partial charge is 0.118 e. The predicted molar refractivity (Wildman–Crippen MR) is 89.6 cm³/mol. The number of methoxy groups -OCH3 is 1. The third-order valence-corrected chi connectivity index (χ3v) is 4.00. The fourth-order valence-electron chi connectivity index (χ4n) is 2.93. The van der Waals surface area contributed by atoms with Crippen molar-refractivity contribution in [3.05, 3.63) is 83.7 Å². The highest BCUT2D eigenvalue weighted by molar-refractivity contribution is 6.05. The van der Waals surface area contributed by atoms with E-state index in [4.69, 9.17) is 4.74 Å². The minimum absolute atomic E-state index is 0.868. The van der Waals surface area contributed by atoms with Crippen LogP contribution in [-0.2, 0) is 0 Å². The zero-order valence-electron chi connectivity index (χ0n) is 12.3. The van der Waals surface area contributed by atoms with E-state index in [1.54, 1.807) is 7.11 Å². The largest absolute Gasteiger partial charge is 0.497 e. The average molecular weight is 285 g/mol. The molecule has 4 rings (SSSR count). The second kappa shape index (κ2) is 5.15. The molecule has 0 bridgehead atoms. The molecule has 0 fully saturated rings. The number of hydrogen-bond donors (Lipinski definition) is 0. The maximum Gasteiger partial charge on any atom is 0.118 e. The van der Waals surface area contributed by atoms with Gasteiger partial charge in [-0.15, -0.1) is 0 Å². The van der Waals surface area contributed by atoms with E-state index in [1.807, 2.05) is 24.4 Å². The lowest BCUT2D eigenvalue weighted by Crippen LogP contribution is -1.86. The number of rotatable bonds is 2. The van der Waals surface area contributed by atoms with Crippen LogP contribution < -0.4 is 4.74 Å². The Balaban J connectivity index is 1.88. The first-order valence-corrected chi connectivity index (χ1v) is 7.28. The molecule has 0 saturated carbocycles. The molecule has 1 aromatic heterocycles. The van der Waals surface area contributed by atoms with Gasteiger partial charge >= 0.3 is 0 Å². The van der Waals surface area contributed by atoms with Crippen molar-refractivity contribution < 1.29 is 4.74 Å². The predicted octanol–water partition coefficient (Wildman–Crippen LogP) is 4.66. The molecule has 0 amide bonds. The van der Waals surface area contributed by atoms with Crippen LogP contribution >= 0.6 is 0 Å². The van der Waals surface area contributed by atoms with Crippen LogP contribution in [0, 0.1) is 0 Å². The maximum absolute atomic E-state index is 5.22. The average Bonchev–Trinajstić information content (AvgIpc) is 2.90. The van der Waals surface area contributed by atoms with Gasteiger partial charge in [0.1, 0.15) is 5.75 Å².